The summed E-state index contributed by atoms with van der Waals surface area (Å²) < 4.78 is 0. The van der Waals surface area contributed by atoms with Crippen LogP contribution in [0.3, 0.4) is 0 Å². The van der Waals surface area contributed by atoms with Crippen molar-refractivity contribution >= 4 is 12.0 Å². The molecule has 0 heterocycles. The summed E-state index contributed by atoms with van der Waals surface area (Å²) in [6.07, 6.45) is 1.93. The van der Waals surface area contributed by atoms with E-state index in [1.165, 1.54) is 4.90 Å². The standard InChI is InChI=1S/C12H19N3O3/c1-8(2)15(7-3-6-13)12(18)14-10(11(16)17)9-4-5-9/h8-10H,3-5,7H2,1-2H3,(H,14,18)(H,16,17). The number of carboxylic acid groups (broad SMARTS) is 1. The van der Waals surface area contributed by atoms with Crippen molar-refractivity contribution in [3.8, 4) is 6.07 Å². The molecule has 1 atom stereocenters. The fourth-order valence-corrected chi connectivity index (χ4v) is 1.79. The van der Waals surface area contributed by atoms with E-state index in [9.17, 15) is 9.59 Å². The lowest BCUT2D eigenvalue weighted by Gasteiger charge is -2.27. The van der Waals surface area contributed by atoms with E-state index in [2.05, 4.69) is 5.32 Å². The van der Waals surface area contributed by atoms with Crippen LogP contribution >= 0.6 is 0 Å². The topological polar surface area (TPSA) is 93.4 Å². The smallest absolute Gasteiger partial charge is 0.326 e. The molecule has 0 spiro atoms. The minimum atomic E-state index is -0.991. The number of hydrogen-bond acceptors (Lipinski definition) is 3. The highest BCUT2D eigenvalue weighted by Crippen LogP contribution is 2.32. The van der Waals surface area contributed by atoms with Gasteiger partial charge in [0, 0.05) is 12.6 Å². The monoisotopic (exact) mass is 253 g/mol. The van der Waals surface area contributed by atoms with Crippen molar-refractivity contribution in [1.29, 1.82) is 5.26 Å². The minimum absolute atomic E-state index is 0.0522. The van der Waals surface area contributed by atoms with E-state index in [1.807, 2.05) is 19.9 Å². The van der Waals surface area contributed by atoms with Gasteiger partial charge in [-0.15, -0.1) is 0 Å². The molecule has 2 N–H and O–H groups in total. The first-order valence-electron chi connectivity index (χ1n) is 6.14. The fraction of sp³-hybridized carbons (Fsp3) is 0.750. The van der Waals surface area contributed by atoms with Gasteiger partial charge >= 0.3 is 12.0 Å². The van der Waals surface area contributed by atoms with Gasteiger partial charge in [-0.1, -0.05) is 0 Å². The van der Waals surface area contributed by atoms with Crippen LogP contribution in [-0.4, -0.2) is 40.6 Å². The number of aliphatic carboxylic acids is 1. The quantitative estimate of drug-likeness (QED) is 0.743. The van der Waals surface area contributed by atoms with Crippen molar-refractivity contribution in [2.45, 2.75) is 45.2 Å². The molecule has 0 aromatic rings. The summed E-state index contributed by atoms with van der Waals surface area (Å²) in [6, 6.07) is 0.710. The lowest BCUT2D eigenvalue weighted by molar-refractivity contribution is -0.139. The summed E-state index contributed by atoms with van der Waals surface area (Å²) in [7, 11) is 0. The summed E-state index contributed by atoms with van der Waals surface area (Å²) >= 11 is 0. The van der Waals surface area contributed by atoms with Crippen LogP contribution in [0.25, 0.3) is 0 Å². The maximum absolute atomic E-state index is 12.0. The zero-order chi connectivity index (χ0) is 13.7. The largest absolute Gasteiger partial charge is 0.480 e. The summed E-state index contributed by atoms with van der Waals surface area (Å²) in [4.78, 5) is 24.5. The molecule has 2 amide bonds. The normalized spacial score (nSPS) is 15.9. The van der Waals surface area contributed by atoms with E-state index >= 15 is 0 Å². The lowest BCUT2D eigenvalue weighted by atomic mass is 10.2. The van der Waals surface area contributed by atoms with Gasteiger partial charge in [-0.2, -0.15) is 5.26 Å². The molecule has 1 fully saturated rings. The number of carboxylic acids is 1. The molecule has 0 aromatic carbocycles. The second-order valence-electron chi connectivity index (χ2n) is 4.80. The van der Waals surface area contributed by atoms with Crippen LogP contribution in [0.5, 0.6) is 0 Å². The highest BCUT2D eigenvalue weighted by molar-refractivity contribution is 5.83. The Bertz CT molecular complexity index is 358. The van der Waals surface area contributed by atoms with Gasteiger partial charge in [-0.05, 0) is 32.6 Å². The van der Waals surface area contributed by atoms with Crippen LogP contribution in [0.1, 0.15) is 33.1 Å². The van der Waals surface area contributed by atoms with Gasteiger partial charge in [0.25, 0.3) is 0 Å². The molecule has 1 aliphatic rings. The molecule has 6 nitrogen and oxygen atoms in total. The van der Waals surface area contributed by atoms with Gasteiger partial charge in [0.1, 0.15) is 6.04 Å². The number of amides is 2. The van der Waals surface area contributed by atoms with Crippen LogP contribution in [0.15, 0.2) is 0 Å². The first-order chi connectivity index (χ1) is 8.47. The average Bonchev–Trinajstić information content (AvgIpc) is 3.09. The van der Waals surface area contributed by atoms with Crippen LogP contribution in [-0.2, 0) is 4.79 Å². The highest BCUT2D eigenvalue weighted by Gasteiger charge is 2.38. The van der Waals surface area contributed by atoms with Gasteiger partial charge < -0.3 is 15.3 Å². The SMILES string of the molecule is CC(C)N(CCC#N)C(=O)NC(C(=O)O)C1CC1. The first kappa shape index (κ1) is 14.3. The number of urea groups is 1. The Morgan fingerprint density at radius 1 is 1.50 bits per heavy atom. The molecule has 18 heavy (non-hydrogen) atoms. The zero-order valence-corrected chi connectivity index (χ0v) is 10.7. The highest BCUT2D eigenvalue weighted by atomic mass is 16.4. The number of rotatable bonds is 6. The number of nitrogens with zero attached hydrogens (tertiary/aromatic N) is 2. The van der Waals surface area contributed by atoms with Crippen LogP contribution in [0, 0.1) is 17.2 Å². The predicted octanol–water partition coefficient (Wildman–Crippen LogP) is 1.18. The number of carbonyl (C=O) groups excluding carboxylic acids is 1. The predicted molar refractivity (Wildman–Crippen MR) is 64.8 cm³/mol. The maximum Gasteiger partial charge on any atom is 0.326 e. The molecular weight excluding hydrogens is 234 g/mol. The second-order valence-corrected chi connectivity index (χ2v) is 4.80. The average molecular weight is 253 g/mol. The van der Waals surface area contributed by atoms with E-state index in [0.717, 1.165) is 12.8 Å². The third kappa shape index (κ3) is 3.91. The molecule has 1 saturated carbocycles. The first-order valence-corrected chi connectivity index (χ1v) is 6.14. The summed E-state index contributed by atoms with van der Waals surface area (Å²) in [5, 5.41) is 20.1. The Kier molecular flexibility index (Phi) is 4.95. The van der Waals surface area contributed by atoms with E-state index in [-0.39, 0.29) is 18.4 Å². The molecule has 1 aliphatic carbocycles. The molecule has 0 aliphatic heterocycles. The van der Waals surface area contributed by atoms with Crippen molar-refractivity contribution < 1.29 is 14.7 Å². The van der Waals surface area contributed by atoms with Crippen molar-refractivity contribution in [3.63, 3.8) is 0 Å². The lowest BCUT2D eigenvalue weighted by Crippen LogP contribution is -2.51. The maximum atomic E-state index is 12.0. The van der Waals surface area contributed by atoms with E-state index in [0.29, 0.717) is 6.54 Å². The molecule has 100 valence electrons. The van der Waals surface area contributed by atoms with E-state index in [4.69, 9.17) is 10.4 Å². The van der Waals surface area contributed by atoms with Crippen LogP contribution < -0.4 is 5.32 Å². The molecule has 0 saturated heterocycles. The van der Waals surface area contributed by atoms with E-state index < -0.39 is 18.0 Å². The number of carbonyl (C=O) groups is 2. The number of nitriles is 1. The third-order valence-electron chi connectivity index (χ3n) is 2.99. The molecular formula is C12H19N3O3. The van der Waals surface area contributed by atoms with Crippen LogP contribution in [0.4, 0.5) is 4.79 Å². The number of hydrogen-bond donors (Lipinski definition) is 2. The summed E-state index contributed by atoms with van der Waals surface area (Å²) in [5.74, 6) is -0.939. The van der Waals surface area contributed by atoms with Gasteiger partial charge in [-0.3, -0.25) is 0 Å². The van der Waals surface area contributed by atoms with Crippen molar-refractivity contribution in [1.82, 2.24) is 10.2 Å². The Balaban J connectivity index is 2.59. The van der Waals surface area contributed by atoms with Gasteiger partial charge in [-0.25, -0.2) is 9.59 Å². The Morgan fingerprint density at radius 3 is 2.50 bits per heavy atom. The second kappa shape index (κ2) is 6.24. The molecule has 1 unspecified atom stereocenters. The Hall–Kier alpha value is -1.77. The Labute approximate surface area is 107 Å². The molecule has 6 heteroatoms. The van der Waals surface area contributed by atoms with E-state index in [1.54, 1.807) is 0 Å². The number of nitrogens with one attached hydrogen (secondary N) is 1. The van der Waals surface area contributed by atoms with Crippen molar-refractivity contribution in [2.24, 2.45) is 5.92 Å². The molecule has 0 radical (unpaired) electrons. The van der Waals surface area contributed by atoms with Crippen molar-refractivity contribution in [3.05, 3.63) is 0 Å². The van der Waals surface area contributed by atoms with Gasteiger partial charge in [0.15, 0.2) is 0 Å². The summed E-state index contributed by atoms with van der Waals surface area (Å²) in [5.41, 5.74) is 0. The molecule has 0 bridgehead atoms. The molecule has 1 rings (SSSR count). The van der Waals surface area contributed by atoms with Crippen LogP contribution in [0.2, 0.25) is 0 Å². The summed E-state index contributed by atoms with van der Waals surface area (Å²) in [6.45, 7) is 3.99. The third-order valence-corrected chi connectivity index (χ3v) is 2.99. The fourth-order valence-electron chi connectivity index (χ4n) is 1.79. The zero-order valence-electron chi connectivity index (χ0n) is 10.7. The molecule has 0 aromatic heterocycles. The minimum Gasteiger partial charge on any atom is -0.480 e. The Morgan fingerprint density at radius 2 is 2.11 bits per heavy atom. The van der Waals surface area contributed by atoms with Gasteiger partial charge in [0.2, 0.25) is 0 Å². The van der Waals surface area contributed by atoms with Crippen molar-refractivity contribution in [2.75, 3.05) is 6.54 Å². The van der Waals surface area contributed by atoms with Gasteiger partial charge in [0.05, 0.1) is 12.5 Å².